The number of benzene rings is 9. The van der Waals surface area contributed by atoms with Crippen LogP contribution >= 0.6 is 0 Å². The van der Waals surface area contributed by atoms with Crippen molar-refractivity contribution in [2.75, 3.05) is 4.90 Å². The molecule has 0 unspecified atom stereocenters. The first-order chi connectivity index (χ1) is 32.0. The van der Waals surface area contributed by atoms with Crippen LogP contribution in [0.5, 0.6) is 0 Å². The number of furan rings is 1. The fourth-order valence-electron chi connectivity index (χ4n) is 9.89. The van der Waals surface area contributed by atoms with Crippen molar-refractivity contribution >= 4 is 39.0 Å². The van der Waals surface area contributed by atoms with E-state index in [0.717, 1.165) is 78.2 Å². The van der Waals surface area contributed by atoms with Crippen LogP contribution in [0.3, 0.4) is 0 Å². The van der Waals surface area contributed by atoms with Gasteiger partial charge in [0.25, 0.3) is 0 Å². The van der Waals surface area contributed by atoms with Crippen LogP contribution in [-0.2, 0) is 5.41 Å². The predicted octanol–water partition coefficient (Wildman–Crippen LogP) is 16.5. The highest BCUT2D eigenvalue weighted by molar-refractivity contribution is 6.13. The number of hydrogen-bond acceptors (Lipinski definition) is 4. The second-order valence-corrected chi connectivity index (χ2v) is 17.4. The minimum atomic E-state index is -0.133. The summed E-state index contributed by atoms with van der Waals surface area (Å²) in [7, 11) is 0. The molecule has 65 heavy (non-hydrogen) atoms. The number of rotatable bonds is 8. The molecule has 1 aliphatic rings. The first-order valence-electron chi connectivity index (χ1n) is 22.2. The lowest BCUT2D eigenvalue weighted by Crippen LogP contribution is -2.16. The fourth-order valence-corrected chi connectivity index (χ4v) is 9.89. The molecule has 0 aliphatic heterocycles. The van der Waals surface area contributed by atoms with Gasteiger partial charge in [0.15, 0.2) is 5.82 Å². The summed E-state index contributed by atoms with van der Waals surface area (Å²) in [6.45, 7) is 4.69. The van der Waals surface area contributed by atoms with E-state index in [2.05, 4.69) is 207 Å². The molecule has 4 heteroatoms. The Labute approximate surface area is 378 Å². The highest BCUT2D eigenvalue weighted by Crippen LogP contribution is 2.54. The molecule has 0 radical (unpaired) electrons. The van der Waals surface area contributed by atoms with Gasteiger partial charge < -0.3 is 9.32 Å². The number of nitrogens with zero attached hydrogens (tertiary/aromatic N) is 3. The van der Waals surface area contributed by atoms with Gasteiger partial charge in [0.1, 0.15) is 11.2 Å². The van der Waals surface area contributed by atoms with Crippen LogP contribution in [0.25, 0.3) is 89.2 Å². The van der Waals surface area contributed by atoms with Gasteiger partial charge in [-0.25, -0.2) is 9.97 Å². The zero-order chi connectivity index (χ0) is 43.5. The summed E-state index contributed by atoms with van der Waals surface area (Å²) >= 11 is 0. The van der Waals surface area contributed by atoms with Crippen molar-refractivity contribution in [1.29, 1.82) is 0 Å². The summed E-state index contributed by atoms with van der Waals surface area (Å²) in [5.74, 6) is 0.680. The average Bonchev–Trinajstić information content (AvgIpc) is 3.86. The monoisotopic (exact) mass is 833 g/mol. The van der Waals surface area contributed by atoms with E-state index in [4.69, 9.17) is 14.4 Å². The number of anilines is 3. The normalized spacial score (nSPS) is 12.6. The Hall–Kier alpha value is -8.34. The van der Waals surface area contributed by atoms with Gasteiger partial charge in [-0.2, -0.15) is 0 Å². The van der Waals surface area contributed by atoms with Crippen LogP contribution in [0.4, 0.5) is 17.1 Å². The van der Waals surface area contributed by atoms with Crippen molar-refractivity contribution in [3.05, 3.63) is 236 Å². The molecular weight excluding hydrogens is 791 g/mol. The van der Waals surface area contributed by atoms with Gasteiger partial charge in [0.2, 0.25) is 0 Å². The van der Waals surface area contributed by atoms with E-state index < -0.39 is 0 Å². The summed E-state index contributed by atoms with van der Waals surface area (Å²) in [6, 6.07) is 79.6. The van der Waals surface area contributed by atoms with Crippen LogP contribution in [0.15, 0.2) is 229 Å². The third-order valence-corrected chi connectivity index (χ3v) is 13.1. The van der Waals surface area contributed by atoms with Gasteiger partial charge in [-0.3, -0.25) is 0 Å². The second kappa shape index (κ2) is 15.5. The van der Waals surface area contributed by atoms with Crippen LogP contribution in [0.1, 0.15) is 25.0 Å². The van der Waals surface area contributed by atoms with Crippen molar-refractivity contribution in [2.24, 2.45) is 0 Å². The summed E-state index contributed by atoms with van der Waals surface area (Å²) in [6.07, 6.45) is 0. The van der Waals surface area contributed by atoms with E-state index >= 15 is 0 Å². The molecule has 0 atom stereocenters. The zero-order valence-corrected chi connectivity index (χ0v) is 36.1. The fraction of sp³-hybridized carbons (Fsp3) is 0.0492. The van der Waals surface area contributed by atoms with Gasteiger partial charge in [-0.15, -0.1) is 0 Å². The molecule has 2 heterocycles. The molecule has 308 valence electrons. The lowest BCUT2D eigenvalue weighted by atomic mass is 9.82. The predicted molar refractivity (Wildman–Crippen MR) is 269 cm³/mol. The topological polar surface area (TPSA) is 42.2 Å². The maximum absolute atomic E-state index is 6.59. The highest BCUT2D eigenvalue weighted by atomic mass is 16.3. The van der Waals surface area contributed by atoms with E-state index in [-0.39, 0.29) is 5.41 Å². The van der Waals surface area contributed by atoms with Crippen LogP contribution in [0.2, 0.25) is 0 Å². The minimum absolute atomic E-state index is 0.133. The van der Waals surface area contributed by atoms with Gasteiger partial charge in [0.05, 0.1) is 17.1 Å². The van der Waals surface area contributed by atoms with Crippen molar-refractivity contribution in [2.45, 2.75) is 19.3 Å². The van der Waals surface area contributed by atoms with E-state index in [0.29, 0.717) is 5.82 Å². The molecule has 0 N–H and O–H groups in total. The van der Waals surface area contributed by atoms with Crippen molar-refractivity contribution in [3.8, 4) is 67.3 Å². The first kappa shape index (κ1) is 38.3. The molecule has 0 bridgehead atoms. The Bertz CT molecular complexity index is 3500. The Morgan fingerprint density at radius 3 is 1.77 bits per heavy atom. The van der Waals surface area contributed by atoms with Gasteiger partial charge in [0, 0.05) is 49.8 Å². The SMILES string of the molecule is CC1(C)c2ccccc2-c2c(N(c3ccc(-c4ccccc4)cc3)c3cccc(-c4ccc5oc6cccc(-c7cc(-c8ccccc8)nc(-c8ccccc8)n7)c6c5c4)c3)cccc21. The maximum atomic E-state index is 6.59. The number of aromatic nitrogens is 2. The first-order valence-corrected chi connectivity index (χ1v) is 22.2. The van der Waals surface area contributed by atoms with Gasteiger partial charge in [-0.1, -0.05) is 184 Å². The zero-order valence-electron chi connectivity index (χ0n) is 36.1. The summed E-state index contributed by atoms with van der Waals surface area (Å²) in [4.78, 5) is 12.7. The molecule has 0 fully saturated rings. The summed E-state index contributed by atoms with van der Waals surface area (Å²) < 4.78 is 6.59. The lowest BCUT2D eigenvalue weighted by Gasteiger charge is -2.29. The Morgan fingerprint density at radius 2 is 0.985 bits per heavy atom. The molecule has 2 aromatic heterocycles. The molecule has 9 aromatic carbocycles. The molecular formula is C61H43N3O. The smallest absolute Gasteiger partial charge is 0.160 e. The second-order valence-electron chi connectivity index (χ2n) is 17.4. The molecule has 0 spiro atoms. The molecule has 12 rings (SSSR count). The minimum Gasteiger partial charge on any atom is -0.456 e. The standard InChI is InChI=1S/C61H43N3O/c1-61(2)51-27-13-12-25-48(51)59-52(61)28-16-29-55(59)64(46-34-31-41(32-35-46)40-17-6-3-7-18-40)47-24-14-23-44(37-47)45-33-36-56-50(38-45)58-49(26-15-30-57(58)65-56)54-39-53(42-19-8-4-9-20-42)62-60(63-54)43-21-10-5-11-22-43/h3-39H,1-2H3. The van der Waals surface area contributed by atoms with E-state index in [1.165, 1.54) is 33.4 Å². The largest absolute Gasteiger partial charge is 0.456 e. The van der Waals surface area contributed by atoms with Gasteiger partial charge >= 0.3 is 0 Å². The third kappa shape index (κ3) is 6.61. The van der Waals surface area contributed by atoms with Crippen LogP contribution in [-0.4, -0.2) is 9.97 Å². The molecule has 1 aliphatic carbocycles. The molecule has 0 amide bonds. The van der Waals surface area contributed by atoms with Gasteiger partial charge in [-0.05, 0) is 93.5 Å². The molecule has 11 aromatic rings. The highest BCUT2D eigenvalue weighted by Gasteiger charge is 2.37. The molecule has 0 saturated carbocycles. The van der Waals surface area contributed by atoms with E-state index in [1.807, 2.05) is 36.4 Å². The van der Waals surface area contributed by atoms with E-state index in [9.17, 15) is 0 Å². The Morgan fingerprint density at radius 1 is 0.400 bits per heavy atom. The number of fused-ring (bicyclic) bond motifs is 6. The summed E-state index contributed by atoms with van der Waals surface area (Å²) in [5, 5.41) is 2.06. The average molecular weight is 834 g/mol. The number of hydrogen-bond donors (Lipinski definition) is 0. The lowest BCUT2D eigenvalue weighted by molar-refractivity contribution is 0.660. The Kier molecular flexibility index (Phi) is 9.13. The quantitative estimate of drug-likeness (QED) is 0.153. The third-order valence-electron chi connectivity index (χ3n) is 13.1. The van der Waals surface area contributed by atoms with Crippen molar-refractivity contribution < 1.29 is 4.42 Å². The maximum Gasteiger partial charge on any atom is 0.160 e. The van der Waals surface area contributed by atoms with E-state index in [1.54, 1.807) is 0 Å². The van der Waals surface area contributed by atoms with Crippen LogP contribution < -0.4 is 4.90 Å². The molecule has 4 nitrogen and oxygen atoms in total. The Balaban J connectivity index is 1.01. The molecule has 0 saturated heterocycles. The summed E-state index contributed by atoms with van der Waals surface area (Å²) in [5.41, 5.74) is 19.4. The van der Waals surface area contributed by atoms with Crippen molar-refractivity contribution in [1.82, 2.24) is 9.97 Å². The van der Waals surface area contributed by atoms with Crippen LogP contribution in [0, 0.1) is 0 Å². The van der Waals surface area contributed by atoms with Crippen molar-refractivity contribution in [3.63, 3.8) is 0 Å².